The van der Waals surface area contributed by atoms with Gasteiger partial charge < -0.3 is 14.2 Å². The number of likely N-dealkylation sites (tertiary alicyclic amines) is 1. The minimum absolute atomic E-state index is 0.105. The van der Waals surface area contributed by atoms with Gasteiger partial charge in [-0.25, -0.2) is 4.98 Å². The lowest BCUT2D eigenvalue weighted by atomic mass is 9.91. The van der Waals surface area contributed by atoms with Crippen molar-refractivity contribution < 1.29 is 27.2 Å². The minimum Gasteiger partial charge on any atom is -0.496 e. The largest absolute Gasteiger partial charge is 0.496 e. The molecule has 3 heterocycles. The van der Waals surface area contributed by atoms with Gasteiger partial charge in [0.25, 0.3) is 5.71 Å². The minimum atomic E-state index is -4.56. The molecule has 164 valence electrons. The molecule has 1 saturated heterocycles. The third-order valence-corrected chi connectivity index (χ3v) is 5.60. The molecule has 1 aliphatic heterocycles. The van der Waals surface area contributed by atoms with Gasteiger partial charge in [0.2, 0.25) is 5.91 Å². The van der Waals surface area contributed by atoms with Crippen LogP contribution in [-0.4, -0.2) is 41.1 Å². The number of piperidine rings is 1. The number of carbonyl (C=O) groups is 1. The number of pyridine rings is 1. The number of ether oxygens (including phenoxy) is 1. The Labute approximate surface area is 177 Å². The van der Waals surface area contributed by atoms with Crippen molar-refractivity contribution in [3.05, 3.63) is 52.8 Å². The zero-order valence-electron chi connectivity index (χ0n) is 17.2. The van der Waals surface area contributed by atoms with Gasteiger partial charge in [0.05, 0.1) is 30.2 Å². The fourth-order valence-electron chi connectivity index (χ4n) is 4.15. The Bertz CT molecular complexity index is 1110. The Balaban J connectivity index is 1.60. The Hall–Kier alpha value is -3.10. The van der Waals surface area contributed by atoms with Gasteiger partial charge in [-0.05, 0) is 31.9 Å². The summed E-state index contributed by atoms with van der Waals surface area (Å²) in [5.41, 5.74) is 0.260. The number of aryl methyl sites for hydroxylation is 1. The number of para-hydroxylation sites is 1. The highest BCUT2D eigenvalue weighted by atomic mass is 19.4. The maximum Gasteiger partial charge on any atom is 0.417 e. The number of halogens is 3. The highest BCUT2D eigenvalue weighted by Crippen LogP contribution is 2.40. The van der Waals surface area contributed by atoms with Crippen molar-refractivity contribution in [1.29, 1.82) is 0 Å². The number of fused-ring (bicyclic) bond motifs is 1. The summed E-state index contributed by atoms with van der Waals surface area (Å²) in [5.74, 6) is 0.164. The fraction of sp³-hybridized carbons (Fsp3) is 0.409. The van der Waals surface area contributed by atoms with Crippen LogP contribution in [0.2, 0.25) is 0 Å². The molecule has 1 fully saturated rings. The Morgan fingerprint density at radius 2 is 2.10 bits per heavy atom. The average Bonchev–Trinajstić information content (AvgIpc) is 3.16. The number of benzene rings is 1. The highest BCUT2D eigenvalue weighted by Gasteiger charge is 2.38. The van der Waals surface area contributed by atoms with Crippen molar-refractivity contribution in [1.82, 2.24) is 15.0 Å². The van der Waals surface area contributed by atoms with Crippen molar-refractivity contribution in [2.45, 2.75) is 38.3 Å². The Kier molecular flexibility index (Phi) is 5.60. The topological polar surface area (TPSA) is 68.5 Å². The first-order chi connectivity index (χ1) is 14.8. The summed E-state index contributed by atoms with van der Waals surface area (Å²) in [6, 6.07) is 8.28. The predicted molar refractivity (Wildman–Crippen MR) is 107 cm³/mol. The molecule has 1 aromatic carbocycles. The monoisotopic (exact) mass is 433 g/mol. The summed E-state index contributed by atoms with van der Waals surface area (Å²) in [7, 11) is 1.55. The van der Waals surface area contributed by atoms with Crippen LogP contribution in [0.5, 0.6) is 5.75 Å². The number of methoxy groups -OCH3 is 1. The van der Waals surface area contributed by atoms with Crippen LogP contribution in [0.25, 0.3) is 11.1 Å². The lowest BCUT2D eigenvalue weighted by molar-refractivity contribution is -0.136. The molecule has 0 spiro atoms. The van der Waals surface area contributed by atoms with Crippen molar-refractivity contribution >= 4 is 17.0 Å². The van der Waals surface area contributed by atoms with E-state index in [-0.39, 0.29) is 47.3 Å². The maximum atomic E-state index is 13.7. The van der Waals surface area contributed by atoms with E-state index in [1.54, 1.807) is 18.1 Å². The van der Waals surface area contributed by atoms with E-state index < -0.39 is 11.7 Å². The van der Waals surface area contributed by atoms with Gasteiger partial charge in [0.1, 0.15) is 5.75 Å². The molecule has 3 aromatic rings. The van der Waals surface area contributed by atoms with Crippen LogP contribution in [0.1, 0.15) is 41.3 Å². The van der Waals surface area contributed by atoms with E-state index in [9.17, 15) is 18.0 Å². The van der Waals surface area contributed by atoms with E-state index in [4.69, 9.17) is 9.26 Å². The molecule has 1 aliphatic rings. The van der Waals surface area contributed by atoms with Crippen LogP contribution in [0.4, 0.5) is 13.2 Å². The second kappa shape index (κ2) is 8.20. The van der Waals surface area contributed by atoms with Gasteiger partial charge >= 0.3 is 6.18 Å². The van der Waals surface area contributed by atoms with Gasteiger partial charge in [0.15, 0.2) is 0 Å². The van der Waals surface area contributed by atoms with Crippen molar-refractivity contribution in [2.75, 3.05) is 20.2 Å². The maximum absolute atomic E-state index is 13.7. The molecule has 6 nitrogen and oxygen atoms in total. The normalized spacial score (nSPS) is 17.2. The molecule has 0 saturated carbocycles. The first-order valence-electron chi connectivity index (χ1n) is 10.0. The number of alkyl halides is 3. The van der Waals surface area contributed by atoms with Crippen LogP contribution in [0.15, 0.2) is 34.9 Å². The molecular weight excluding hydrogens is 411 g/mol. The van der Waals surface area contributed by atoms with E-state index >= 15 is 0 Å². The number of carbonyl (C=O) groups excluding carboxylic acids is 1. The van der Waals surface area contributed by atoms with Gasteiger partial charge in [-0.3, -0.25) is 4.79 Å². The van der Waals surface area contributed by atoms with E-state index in [0.29, 0.717) is 25.1 Å². The van der Waals surface area contributed by atoms with Crippen molar-refractivity contribution in [3.63, 3.8) is 0 Å². The van der Waals surface area contributed by atoms with Crippen LogP contribution in [-0.2, 0) is 17.4 Å². The summed E-state index contributed by atoms with van der Waals surface area (Å²) >= 11 is 0. The number of nitrogens with zero attached hydrogens (tertiary/aromatic N) is 3. The lowest BCUT2D eigenvalue weighted by Gasteiger charge is -2.32. The van der Waals surface area contributed by atoms with Gasteiger partial charge in [-0.2, -0.15) is 13.2 Å². The Morgan fingerprint density at radius 3 is 2.84 bits per heavy atom. The molecule has 4 rings (SSSR count). The summed E-state index contributed by atoms with van der Waals surface area (Å²) in [6.07, 6.45) is -3.12. The second-order valence-corrected chi connectivity index (χ2v) is 7.72. The Morgan fingerprint density at radius 1 is 1.32 bits per heavy atom. The van der Waals surface area contributed by atoms with Crippen LogP contribution in [0, 0.1) is 6.92 Å². The molecule has 0 bridgehead atoms. The van der Waals surface area contributed by atoms with Gasteiger partial charge in [0, 0.05) is 30.3 Å². The molecule has 9 heteroatoms. The first-order valence-corrected chi connectivity index (χ1v) is 10.0. The third kappa shape index (κ3) is 4.22. The first kappa shape index (κ1) is 21.1. The summed E-state index contributed by atoms with van der Waals surface area (Å²) < 4.78 is 51.5. The van der Waals surface area contributed by atoms with E-state index in [1.807, 2.05) is 18.2 Å². The third-order valence-electron chi connectivity index (χ3n) is 5.60. The van der Waals surface area contributed by atoms with Gasteiger partial charge in [-0.1, -0.05) is 23.4 Å². The van der Waals surface area contributed by atoms with Crippen LogP contribution >= 0.6 is 0 Å². The quantitative estimate of drug-likeness (QED) is 0.606. The molecule has 0 radical (unpaired) electrons. The number of hydrogen-bond donors (Lipinski definition) is 0. The summed E-state index contributed by atoms with van der Waals surface area (Å²) in [5, 5.41) is 3.83. The number of amides is 1. The van der Waals surface area contributed by atoms with Crippen LogP contribution in [0.3, 0.4) is 0 Å². The zero-order chi connectivity index (χ0) is 22.2. The average molecular weight is 433 g/mol. The van der Waals surface area contributed by atoms with Crippen molar-refractivity contribution in [2.24, 2.45) is 0 Å². The molecule has 1 atom stereocenters. The molecule has 31 heavy (non-hydrogen) atoms. The summed E-state index contributed by atoms with van der Waals surface area (Å²) in [4.78, 5) is 18.7. The SMILES string of the molecule is COc1ccccc1CC(=O)N1CCC[C@@H](c2noc3nc(C)cc(C(F)(F)F)c23)C1. The molecule has 0 unspecified atom stereocenters. The van der Waals surface area contributed by atoms with E-state index in [2.05, 4.69) is 10.1 Å². The fourth-order valence-corrected chi connectivity index (χ4v) is 4.15. The number of aromatic nitrogens is 2. The molecule has 2 aromatic heterocycles. The van der Waals surface area contributed by atoms with Gasteiger partial charge in [-0.15, -0.1) is 0 Å². The van der Waals surface area contributed by atoms with Crippen LogP contribution < -0.4 is 4.74 Å². The zero-order valence-corrected chi connectivity index (χ0v) is 17.2. The summed E-state index contributed by atoms with van der Waals surface area (Å²) in [6.45, 7) is 2.31. The highest BCUT2D eigenvalue weighted by molar-refractivity contribution is 5.82. The predicted octanol–water partition coefficient (Wildman–Crippen LogP) is 4.51. The lowest BCUT2D eigenvalue weighted by Crippen LogP contribution is -2.40. The standard InChI is InChI=1S/C22H22F3N3O3/c1-13-10-16(22(23,24)25)19-20(27-31-21(19)26-13)15-7-5-9-28(12-15)18(29)11-14-6-3-4-8-17(14)30-2/h3-4,6,8,10,15H,5,7,9,11-12H2,1-2H3/t15-/m1/s1. The van der Waals surface area contributed by atoms with Crippen molar-refractivity contribution in [3.8, 4) is 5.75 Å². The molecule has 0 aliphatic carbocycles. The van der Waals surface area contributed by atoms with E-state index in [1.165, 1.54) is 6.92 Å². The van der Waals surface area contributed by atoms with E-state index in [0.717, 1.165) is 11.6 Å². The number of rotatable bonds is 4. The number of hydrogen-bond acceptors (Lipinski definition) is 5. The molecule has 1 amide bonds. The molecule has 0 N–H and O–H groups in total. The second-order valence-electron chi connectivity index (χ2n) is 7.72. The molecular formula is C22H22F3N3O3. The smallest absolute Gasteiger partial charge is 0.417 e.